The number of hydrogen-bond acceptors (Lipinski definition) is 8. The average molecular weight is 468 g/mol. The van der Waals surface area contributed by atoms with Crippen molar-refractivity contribution in [3.63, 3.8) is 0 Å². The Balaban J connectivity index is 1.88. The molecule has 3 rings (SSSR count). The fourth-order valence-corrected chi connectivity index (χ4v) is 6.32. The van der Waals surface area contributed by atoms with Gasteiger partial charge in [-0.3, -0.25) is 0 Å². The van der Waals surface area contributed by atoms with Crippen LogP contribution in [-0.4, -0.2) is 59.3 Å². The van der Waals surface area contributed by atoms with Crippen LogP contribution in [0.3, 0.4) is 0 Å². The summed E-state index contributed by atoms with van der Waals surface area (Å²) in [6, 6.07) is 5.09. The Hall–Kier alpha value is -1.52. The molecule has 1 aromatic heterocycles. The number of hydrogen-bond donors (Lipinski definition) is 2. The number of β-amino-alcohol motifs (C(OH)–C–C–N with tert-alkyl or cyclic N) is 1. The molecule has 1 aliphatic heterocycles. The van der Waals surface area contributed by atoms with Crippen LogP contribution in [0.25, 0.3) is 0 Å². The molecule has 0 spiro atoms. The van der Waals surface area contributed by atoms with Crippen molar-refractivity contribution in [3.05, 3.63) is 39.2 Å². The van der Waals surface area contributed by atoms with Crippen LogP contribution in [0.5, 0.6) is 5.75 Å². The second-order valence-electron chi connectivity index (χ2n) is 5.96. The second-order valence-corrected chi connectivity index (χ2v) is 10.0. The van der Waals surface area contributed by atoms with Gasteiger partial charge in [0, 0.05) is 12.6 Å². The third-order valence-corrected chi connectivity index (χ3v) is 8.09. The van der Waals surface area contributed by atoms with Crippen molar-refractivity contribution in [2.24, 2.45) is 0 Å². The second kappa shape index (κ2) is 7.72. The summed E-state index contributed by atoms with van der Waals surface area (Å²) < 4.78 is 45.4. The standard InChI is InChI=1S/C15H12Cl2FN3O5S2/c16-12-13(27-14(17)20-12)28(24,25)21-5-11(15(23,6-21)7-22)26-9-2-1-8(4-19)10(18)3-9/h1-3,11,22-23H,5-7H2/t11?,15-/m1/s1. The van der Waals surface area contributed by atoms with E-state index in [9.17, 15) is 23.0 Å². The molecule has 28 heavy (non-hydrogen) atoms. The van der Waals surface area contributed by atoms with Gasteiger partial charge < -0.3 is 14.9 Å². The van der Waals surface area contributed by atoms with Gasteiger partial charge in [0.1, 0.15) is 29.3 Å². The number of aliphatic hydroxyl groups is 2. The molecule has 1 unspecified atom stereocenters. The quantitative estimate of drug-likeness (QED) is 0.684. The first-order chi connectivity index (χ1) is 13.1. The summed E-state index contributed by atoms with van der Waals surface area (Å²) in [7, 11) is -4.17. The summed E-state index contributed by atoms with van der Waals surface area (Å²) in [6.07, 6.45) is -1.21. The molecule has 0 saturated carbocycles. The first-order valence-electron chi connectivity index (χ1n) is 7.62. The lowest BCUT2D eigenvalue weighted by atomic mass is 10.0. The van der Waals surface area contributed by atoms with Crippen molar-refractivity contribution in [2.75, 3.05) is 19.7 Å². The highest BCUT2D eigenvalue weighted by Crippen LogP contribution is 2.36. The molecule has 1 saturated heterocycles. The van der Waals surface area contributed by atoms with Gasteiger partial charge in [-0.15, -0.1) is 0 Å². The number of benzene rings is 1. The average Bonchev–Trinajstić information content (AvgIpc) is 3.16. The largest absolute Gasteiger partial charge is 0.486 e. The highest BCUT2D eigenvalue weighted by atomic mass is 35.5. The molecule has 2 N–H and O–H groups in total. The Morgan fingerprint density at radius 1 is 1.50 bits per heavy atom. The number of thiazole rings is 1. The van der Waals surface area contributed by atoms with Crippen molar-refractivity contribution < 1.29 is 27.8 Å². The lowest BCUT2D eigenvalue weighted by Crippen LogP contribution is -2.48. The van der Waals surface area contributed by atoms with Crippen LogP contribution in [0, 0.1) is 17.1 Å². The highest BCUT2D eigenvalue weighted by molar-refractivity contribution is 7.91. The van der Waals surface area contributed by atoms with E-state index in [2.05, 4.69) is 4.98 Å². The van der Waals surface area contributed by atoms with E-state index in [1.54, 1.807) is 6.07 Å². The summed E-state index contributed by atoms with van der Waals surface area (Å²) in [5, 5.41) is 28.7. The molecule has 2 heterocycles. The van der Waals surface area contributed by atoms with Crippen molar-refractivity contribution in [3.8, 4) is 11.8 Å². The smallest absolute Gasteiger partial charge is 0.256 e. The fraction of sp³-hybridized carbons (Fsp3) is 0.333. The van der Waals surface area contributed by atoms with E-state index in [4.69, 9.17) is 33.2 Å². The Bertz CT molecular complexity index is 1060. The zero-order valence-corrected chi connectivity index (χ0v) is 17.0. The minimum absolute atomic E-state index is 0.0357. The van der Waals surface area contributed by atoms with Gasteiger partial charge in [0.05, 0.1) is 18.7 Å². The third-order valence-electron chi connectivity index (χ3n) is 4.14. The number of nitrogens with zero attached hydrogens (tertiary/aromatic N) is 3. The summed E-state index contributed by atoms with van der Waals surface area (Å²) in [4.78, 5) is 3.65. The number of aromatic nitrogens is 1. The molecule has 0 amide bonds. The Labute approximate surface area is 173 Å². The number of aliphatic hydroxyl groups excluding tert-OH is 1. The molecule has 2 atom stereocenters. The predicted octanol–water partition coefficient (Wildman–Crippen LogP) is 1.64. The topological polar surface area (TPSA) is 124 Å². The third kappa shape index (κ3) is 3.81. The molecule has 0 bridgehead atoms. The summed E-state index contributed by atoms with van der Waals surface area (Å²) in [5.74, 6) is -0.868. The lowest BCUT2D eigenvalue weighted by Gasteiger charge is -2.27. The Morgan fingerprint density at radius 2 is 2.21 bits per heavy atom. The maximum Gasteiger partial charge on any atom is 0.256 e. The minimum atomic E-state index is -4.17. The van der Waals surface area contributed by atoms with Crippen molar-refractivity contribution in [1.82, 2.24) is 9.29 Å². The molecule has 0 aliphatic carbocycles. The molecule has 2 aromatic rings. The van der Waals surface area contributed by atoms with Gasteiger partial charge >= 0.3 is 0 Å². The van der Waals surface area contributed by atoms with Gasteiger partial charge in [0.15, 0.2) is 13.8 Å². The molecule has 13 heteroatoms. The number of sulfonamides is 1. The maximum atomic E-state index is 13.8. The first kappa shape index (κ1) is 21.2. The summed E-state index contributed by atoms with van der Waals surface area (Å²) in [6.45, 7) is -1.63. The van der Waals surface area contributed by atoms with E-state index in [1.807, 2.05) is 0 Å². The van der Waals surface area contributed by atoms with Gasteiger partial charge in [0.25, 0.3) is 10.0 Å². The van der Waals surface area contributed by atoms with Gasteiger partial charge in [-0.2, -0.15) is 9.57 Å². The fourth-order valence-electron chi connectivity index (χ4n) is 2.67. The molecule has 1 fully saturated rings. The minimum Gasteiger partial charge on any atom is -0.486 e. The molecular formula is C15H12Cl2FN3O5S2. The summed E-state index contributed by atoms with van der Waals surface area (Å²) >= 11 is 12.2. The maximum absolute atomic E-state index is 13.8. The van der Waals surface area contributed by atoms with Crippen molar-refractivity contribution in [1.29, 1.82) is 5.26 Å². The van der Waals surface area contributed by atoms with Gasteiger partial charge in [0.2, 0.25) is 0 Å². The van der Waals surface area contributed by atoms with E-state index in [-0.39, 0.29) is 31.7 Å². The van der Waals surface area contributed by atoms with E-state index < -0.39 is 40.7 Å². The Kier molecular flexibility index (Phi) is 5.84. The summed E-state index contributed by atoms with van der Waals surface area (Å²) in [5.41, 5.74) is -2.14. The van der Waals surface area contributed by atoms with Gasteiger partial charge in [-0.1, -0.05) is 34.5 Å². The van der Waals surface area contributed by atoms with Crippen LogP contribution in [0.1, 0.15) is 5.56 Å². The molecule has 1 aromatic carbocycles. The highest BCUT2D eigenvalue weighted by Gasteiger charge is 2.51. The van der Waals surface area contributed by atoms with Crippen LogP contribution < -0.4 is 4.74 Å². The SMILES string of the molecule is N#Cc1ccc(OC2CN(S(=O)(=O)c3sc(Cl)nc3Cl)C[C@@]2(O)CO)cc1F. The number of ether oxygens (including phenoxy) is 1. The van der Waals surface area contributed by atoms with Crippen LogP contribution in [0.15, 0.2) is 22.4 Å². The molecule has 1 aliphatic rings. The van der Waals surface area contributed by atoms with Gasteiger partial charge in [-0.25, -0.2) is 17.8 Å². The van der Waals surface area contributed by atoms with E-state index in [0.29, 0.717) is 11.3 Å². The van der Waals surface area contributed by atoms with Crippen LogP contribution in [-0.2, 0) is 10.0 Å². The van der Waals surface area contributed by atoms with E-state index in [0.717, 1.165) is 10.4 Å². The Morgan fingerprint density at radius 3 is 2.75 bits per heavy atom. The zero-order valence-electron chi connectivity index (χ0n) is 13.8. The predicted molar refractivity (Wildman–Crippen MR) is 98.5 cm³/mol. The zero-order chi connectivity index (χ0) is 20.7. The monoisotopic (exact) mass is 467 g/mol. The number of halogens is 3. The first-order valence-corrected chi connectivity index (χ1v) is 10.6. The normalized spacial score (nSPS) is 22.9. The molecule has 150 valence electrons. The molecular weight excluding hydrogens is 456 g/mol. The van der Waals surface area contributed by atoms with E-state index in [1.165, 1.54) is 12.1 Å². The van der Waals surface area contributed by atoms with Crippen LogP contribution >= 0.6 is 34.5 Å². The van der Waals surface area contributed by atoms with Crippen LogP contribution in [0.2, 0.25) is 9.62 Å². The van der Waals surface area contributed by atoms with Crippen molar-refractivity contribution >= 4 is 44.6 Å². The van der Waals surface area contributed by atoms with Crippen molar-refractivity contribution in [2.45, 2.75) is 15.9 Å². The molecule has 8 nitrogen and oxygen atoms in total. The van der Waals surface area contributed by atoms with Gasteiger partial charge in [-0.05, 0) is 12.1 Å². The number of nitriles is 1. The molecule has 0 radical (unpaired) electrons. The van der Waals surface area contributed by atoms with Crippen LogP contribution in [0.4, 0.5) is 4.39 Å². The lowest BCUT2D eigenvalue weighted by molar-refractivity contribution is -0.0641. The number of rotatable bonds is 5. The van der Waals surface area contributed by atoms with E-state index >= 15 is 0 Å².